The number of likely N-dealkylation sites (tertiary alicyclic amines) is 1. The molecule has 0 amide bonds. The van der Waals surface area contributed by atoms with Gasteiger partial charge in [0, 0.05) is 18.8 Å². The first-order chi connectivity index (χ1) is 9.54. The van der Waals surface area contributed by atoms with Gasteiger partial charge in [0.15, 0.2) is 5.11 Å². The van der Waals surface area contributed by atoms with E-state index in [9.17, 15) is 0 Å². The first-order valence-electron chi connectivity index (χ1n) is 7.35. The highest BCUT2D eigenvalue weighted by Gasteiger charge is 2.17. The second-order valence-electron chi connectivity index (χ2n) is 5.92. The van der Waals surface area contributed by atoms with Gasteiger partial charge in [0.2, 0.25) is 0 Å². The van der Waals surface area contributed by atoms with Gasteiger partial charge in [-0.3, -0.25) is 0 Å². The number of thiocarbonyl (C=S) groups is 1. The summed E-state index contributed by atoms with van der Waals surface area (Å²) in [6, 6.07) is 6.38. The van der Waals surface area contributed by atoms with E-state index in [1.807, 2.05) is 0 Å². The third-order valence-electron chi connectivity index (χ3n) is 3.91. The van der Waals surface area contributed by atoms with Gasteiger partial charge in [-0.05, 0) is 75.6 Å². The number of nitrogens with zero attached hydrogens (tertiary/aromatic N) is 1. The summed E-state index contributed by atoms with van der Waals surface area (Å²) in [6.45, 7) is 7.54. The van der Waals surface area contributed by atoms with Crippen molar-refractivity contribution in [3.63, 3.8) is 0 Å². The number of nitrogens with one attached hydrogen (secondary N) is 2. The molecule has 2 N–H and O–H groups in total. The topological polar surface area (TPSA) is 27.3 Å². The molecule has 4 heteroatoms. The van der Waals surface area contributed by atoms with E-state index in [2.05, 4.69) is 54.6 Å². The van der Waals surface area contributed by atoms with Crippen molar-refractivity contribution < 1.29 is 0 Å². The lowest BCUT2D eigenvalue weighted by molar-refractivity contribution is 0.211. The van der Waals surface area contributed by atoms with Crippen LogP contribution in [0.2, 0.25) is 0 Å². The molecule has 110 valence electrons. The summed E-state index contributed by atoms with van der Waals surface area (Å²) in [7, 11) is 2.19. The van der Waals surface area contributed by atoms with Crippen molar-refractivity contribution in [1.29, 1.82) is 0 Å². The molecule has 1 heterocycles. The van der Waals surface area contributed by atoms with Crippen LogP contribution in [0, 0.1) is 19.8 Å². The molecular formula is C16H25N3S. The maximum absolute atomic E-state index is 5.40. The molecule has 0 saturated carbocycles. The summed E-state index contributed by atoms with van der Waals surface area (Å²) in [5.41, 5.74) is 3.57. The minimum Gasteiger partial charge on any atom is -0.362 e. The van der Waals surface area contributed by atoms with Crippen molar-refractivity contribution in [3.05, 3.63) is 29.3 Å². The van der Waals surface area contributed by atoms with E-state index in [1.54, 1.807) is 0 Å². The minimum absolute atomic E-state index is 0.701. The Morgan fingerprint density at radius 1 is 1.40 bits per heavy atom. The van der Waals surface area contributed by atoms with Gasteiger partial charge < -0.3 is 15.5 Å². The fourth-order valence-electron chi connectivity index (χ4n) is 2.71. The Bertz CT molecular complexity index is 473. The number of hydrogen-bond acceptors (Lipinski definition) is 2. The first kappa shape index (κ1) is 15.3. The lowest BCUT2D eigenvalue weighted by Gasteiger charge is -2.30. The van der Waals surface area contributed by atoms with Gasteiger partial charge in [-0.2, -0.15) is 0 Å². The normalized spacial score (nSPS) is 19.6. The highest BCUT2D eigenvalue weighted by Crippen LogP contribution is 2.17. The van der Waals surface area contributed by atoms with Crippen LogP contribution in [0.5, 0.6) is 0 Å². The van der Waals surface area contributed by atoms with Crippen molar-refractivity contribution in [2.24, 2.45) is 5.92 Å². The molecule has 0 bridgehead atoms. The number of benzene rings is 1. The van der Waals surface area contributed by atoms with Gasteiger partial charge in [0.1, 0.15) is 0 Å². The summed E-state index contributed by atoms with van der Waals surface area (Å²) in [5.74, 6) is 0.701. The van der Waals surface area contributed by atoms with Crippen LogP contribution in [-0.2, 0) is 0 Å². The zero-order chi connectivity index (χ0) is 14.5. The number of hydrogen-bond donors (Lipinski definition) is 2. The molecule has 2 rings (SSSR count). The van der Waals surface area contributed by atoms with Crippen molar-refractivity contribution >= 4 is 23.0 Å². The third kappa shape index (κ3) is 4.46. The van der Waals surface area contributed by atoms with E-state index >= 15 is 0 Å². The molecular weight excluding hydrogens is 266 g/mol. The molecule has 3 nitrogen and oxygen atoms in total. The predicted octanol–water partition coefficient (Wildman–Crippen LogP) is 2.93. The molecule has 1 aliphatic heterocycles. The Balaban J connectivity index is 1.82. The Morgan fingerprint density at radius 3 is 2.95 bits per heavy atom. The average molecular weight is 291 g/mol. The number of rotatable bonds is 3. The molecule has 1 atom stereocenters. The molecule has 1 fully saturated rings. The minimum atomic E-state index is 0.701. The van der Waals surface area contributed by atoms with Crippen molar-refractivity contribution in [2.45, 2.75) is 26.7 Å². The summed E-state index contributed by atoms with van der Waals surface area (Å²) < 4.78 is 0. The SMILES string of the molecule is Cc1ccc(C)c(NC(=S)NC[C@@H]2CCCN(C)C2)c1. The van der Waals surface area contributed by atoms with Crippen LogP contribution in [0.1, 0.15) is 24.0 Å². The fourth-order valence-corrected chi connectivity index (χ4v) is 2.91. The third-order valence-corrected chi connectivity index (χ3v) is 4.16. The standard InChI is InChI=1S/C16H25N3S/c1-12-6-7-13(2)15(9-12)18-16(20)17-10-14-5-4-8-19(3)11-14/h6-7,9,14H,4-5,8,10-11H2,1-3H3,(H2,17,18,20)/t14-/m0/s1. The summed E-state index contributed by atoms with van der Waals surface area (Å²) in [5, 5.41) is 7.40. The van der Waals surface area contributed by atoms with Crippen LogP contribution >= 0.6 is 12.2 Å². The quantitative estimate of drug-likeness (QED) is 0.837. The number of aryl methyl sites for hydroxylation is 2. The Hall–Kier alpha value is -1.13. The van der Waals surface area contributed by atoms with E-state index in [0.29, 0.717) is 5.92 Å². The maximum atomic E-state index is 5.40. The molecule has 0 spiro atoms. The van der Waals surface area contributed by atoms with Crippen LogP contribution in [0.15, 0.2) is 18.2 Å². The first-order valence-corrected chi connectivity index (χ1v) is 7.76. The highest BCUT2D eigenvalue weighted by molar-refractivity contribution is 7.80. The van der Waals surface area contributed by atoms with Crippen LogP contribution in [0.3, 0.4) is 0 Å². The van der Waals surface area contributed by atoms with Gasteiger partial charge in [-0.25, -0.2) is 0 Å². The zero-order valence-corrected chi connectivity index (χ0v) is 13.5. The Labute approximate surface area is 127 Å². The molecule has 1 aromatic rings. The summed E-state index contributed by atoms with van der Waals surface area (Å²) in [6.07, 6.45) is 2.59. The van der Waals surface area contributed by atoms with Gasteiger partial charge in [-0.15, -0.1) is 0 Å². The van der Waals surface area contributed by atoms with Gasteiger partial charge >= 0.3 is 0 Å². The monoisotopic (exact) mass is 291 g/mol. The van der Waals surface area contributed by atoms with Crippen LogP contribution in [-0.4, -0.2) is 36.7 Å². The fraction of sp³-hybridized carbons (Fsp3) is 0.562. The molecule has 0 aromatic heterocycles. The average Bonchev–Trinajstić information content (AvgIpc) is 2.41. The van der Waals surface area contributed by atoms with Gasteiger partial charge in [-0.1, -0.05) is 12.1 Å². The molecule has 20 heavy (non-hydrogen) atoms. The molecule has 1 aromatic carbocycles. The van der Waals surface area contributed by atoms with Gasteiger partial charge in [0.25, 0.3) is 0 Å². The Kier molecular flexibility index (Phi) is 5.38. The van der Waals surface area contributed by atoms with E-state index in [4.69, 9.17) is 12.2 Å². The van der Waals surface area contributed by atoms with Crippen LogP contribution in [0.4, 0.5) is 5.69 Å². The maximum Gasteiger partial charge on any atom is 0.170 e. The van der Waals surface area contributed by atoms with E-state index in [0.717, 1.165) is 17.3 Å². The van der Waals surface area contributed by atoms with Crippen LogP contribution in [0.25, 0.3) is 0 Å². The molecule has 0 aliphatic carbocycles. The van der Waals surface area contributed by atoms with Crippen LogP contribution < -0.4 is 10.6 Å². The molecule has 1 aliphatic rings. The second kappa shape index (κ2) is 7.04. The smallest absolute Gasteiger partial charge is 0.170 e. The highest BCUT2D eigenvalue weighted by atomic mass is 32.1. The summed E-state index contributed by atoms with van der Waals surface area (Å²) in [4.78, 5) is 2.40. The molecule has 0 radical (unpaired) electrons. The van der Waals surface area contributed by atoms with Crippen molar-refractivity contribution in [3.8, 4) is 0 Å². The second-order valence-corrected chi connectivity index (χ2v) is 6.33. The lowest BCUT2D eigenvalue weighted by atomic mass is 9.99. The lowest BCUT2D eigenvalue weighted by Crippen LogP contribution is -2.40. The van der Waals surface area contributed by atoms with Crippen molar-refractivity contribution in [2.75, 3.05) is 32.0 Å². The molecule has 1 saturated heterocycles. The predicted molar refractivity (Wildman–Crippen MR) is 90.4 cm³/mol. The van der Waals surface area contributed by atoms with Gasteiger partial charge in [0.05, 0.1) is 0 Å². The molecule has 0 unspecified atom stereocenters. The summed E-state index contributed by atoms with van der Waals surface area (Å²) >= 11 is 5.40. The van der Waals surface area contributed by atoms with E-state index < -0.39 is 0 Å². The number of piperidine rings is 1. The zero-order valence-electron chi connectivity index (χ0n) is 12.7. The Morgan fingerprint density at radius 2 is 2.20 bits per heavy atom. The largest absolute Gasteiger partial charge is 0.362 e. The van der Waals surface area contributed by atoms with E-state index in [-0.39, 0.29) is 0 Å². The number of anilines is 1. The van der Waals surface area contributed by atoms with E-state index in [1.165, 1.54) is 37.1 Å². The van der Waals surface area contributed by atoms with Crippen molar-refractivity contribution in [1.82, 2.24) is 10.2 Å².